The maximum Gasteiger partial charge on any atom is 0.414 e. The van der Waals surface area contributed by atoms with Crippen LogP contribution in [-0.2, 0) is 4.74 Å². The van der Waals surface area contributed by atoms with Gasteiger partial charge in [0.1, 0.15) is 0 Å². The smallest absolute Gasteiger partial charge is 0.394 e. The molecule has 86 valence electrons. The van der Waals surface area contributed by atoms with Gasteiger partial charge in [0.25, 0.3) is 0 Å². The molecule has 6 heteroatoms. The zero-order valence-corrected chi connectivity index (χ0v) is 8.27. The maximum atomic E-state index is 11.9. The Bertz CT molecular complexity index is 170. The van der Waals surface area contributed by atoms with Crippen molar-refractivity contribution in [3.05, 3.63) is 0 Å². The molecular weight excluding hydrogens is 199 g/mol. The molecule has 2 unspecified atom stereocenters. The quantitative estimate of drug-likeness (QED) is 0.720. The Morgan fingerprint density at radius 2 is 1.93 bits per heavy atom. The van der Waals surface area contributed by atoms with E-state index in [4.69, 9.17) is 10.8 Å². The first-order valence-electron chi connectivity index (χ1n) is 4.27. The molecule has 0 radical (unpaired) electrons. The molecule has 14 heavy (non-hydrogen) atoms. The number of ether oxygens (including phenoxy) is 1. The van der Waals surface area contributed by atoms with Crippen LogP contribution in [-0.4, -0.2) is 36.1 Å². The van der Waals surface area contributed by atoms with E-state index in [1.54, 1.807) is 6.92 Å². The lowest BCUT2D eigenvalue weighted by Crippen LogP contribution is -2.42. The van der Waals surface area contributed by atoms with Gasteiger partial charge in [-0.3, -0.25) is 0 Å². The summed E-state index contributed by atoms with van der Waals surface area (Å²) in [6.45, 7) is 2.09. The lowest BCUT2D eigenvalue weighted by atomic mass is 10.0. The Morgan fingerprint density at radius 1 is 1.43 bits per heavy atom. The second-order valence-electron chi connectivity index (χ2n) is 3.62. The summed E-state index contributed by atoms with van der Waals surface area (Å²) in [5.41, 5.74) is 4.62. The van der Waals surface area contributed by atoms with Crippen molar-refractivity contribution in [3.8, 4) is 0 Å². The van der Waals surface area contributed by atoms with E-state index in [-0.39, 0.29) is 19.6 Å². The minimum atomic E-state index is -4.34. The van der Waals surface area contributed by atoms with E-state index >= 15 is 0 Å². The van der Waals surface area contributed by atoms with Gasteiger partial charge in [-0.05, 0) is 20.3 Å². The molecule has 3 nitrogen and oxygen atoms in total. The van der Waals surface area contributed by atoms with Crippen LogP contribution >= 0.6 is 0 Å². The topological polar surface area (TPSA) is 55.5 Å². The van der Waals surface area contributed by atoms with Crippen LogP contribution < -0.4 is 5.73 Å². The van der Waals surface area contributed by atoms with E-state index in [0.717, 1.165) is 6.92 Å². The normalized spacial score (nSPS) is 19.1. The van der Waals surface area contributed by atoms with Crippen LogP contribution in [0.4, 0.5) is 13.2 Å². The molecule has 2 atom stereocenters. The zero-order valence-electron chi connectivity index (χ0n) is 8.27. The minimum Gasteiger partial charge on any atom is -0.394 e. The monoisotopic (exact) mass is 215 g/mol. The van der Waals surface area contributed by atoms with Crippen molar-refractivity contribution in [2.24, 2.45) is 5.73 Å². The molecule has 0 spiro atoms. The van der Waals surface area contributed by atoms with Crippen molar-refractivity contribution in [3.63, 3.8) is 0 Å². The maximum absolute atomic E-state index is 11.9. The first kappa shape index (κ1) is 13.7. The molecule has 0 aromatic rings. The van der Waals surface area contributed by atoms with Gasteiger partial charge in [0.2, 0.25) is 0 Å². The van der Waals surface area contributed by atoms with Gasteiger partial charge in [0.05, 0.1) is 6.61 Å². The first-order valence-corrected chi connectivity index (χ1v) is 4.27. The van der Waals surface area contributed by atoms with Gasteiger partial charge < -0.3 is 15.6 Å². The zero-order chi connectivity index (χ0) is 11.4. The number of alkyl halides is 3. The summed E-state index contributed by atoms with van der Waals surface area (Å²) < 4.78 is 40.4. The van der Waals surface area contributed by atoms with Crippen molar-refractivity contribution in [2.45, 2.75) is 38.1 Å². The minimum absolute atomic E-state index is 0.117. The highest BCUT2D eigenvalue weighted by Crippen LogP contribution is 2.22. The van der Waals surface area contributed by atoms with Crippen LogP contribution in [0, 0.1) is 0 Å². The fraction of sp³-hybridized carbons (Fsp3) is 1.00. The van der Waals surface area contributed by atoms with Crippen molar-refractivity contribution >= 4 is 0 Å². The number of hydrogen-bond donors (Lipinski definition) is 2. The third-order valence-electron chi connectivity index (χ3n) is 1.86. The Hall–Kier alpha value is -0.330. The highest BCUT2D eigenvalue weighted by molar-refractivity contribution is 4.77. The molecule has 0 saturated carbocycles. The average molecular weight is 215 g/mol. The molecule has 0 aliphatic heterocycles. The Labute approximate surface area is 81.0 Å². The number of halogens is 3. The molecule has 0 aliphatic rings. The van der Waals surface area contributed by atoms with Crippen LogP contribution in [0.1, 0.15) is 20.3 Å². The van der Waals surface area contributed by atoms with Gasteiger partial charge >= 0.3 is 6.18 Å². The van der Waals surface area contributed by atoms with Crippen molar-refractivity contribution in [2.75, 3.05) is 13.2 Å². The Kier molecular flexibility index (Phi) is 4.83. The van der Waals surface area contributed by atoms with E-state index in [1.165, 1.54) is 0 Å². The molecule has 0 rings (SSSR count). The molecule has 0 saturated heterocycles. The lowest BCUT2D eigenvalue weighted by molar-refractivity contribution is -0.215. The Morgan fingerprint density at radius 3 is 2.29 bits per heavy atom. The van der Waals surface area contributed by atoms with E-state index < -0.39 is 17.8 Å². The number of nitrogens with two attached hydrogens (primary N) is 1. The SMILES string of the molecule is CC(OCCC(C)(N)CO)C(F)(F)F. The molecular formula is C8H16F3NO2. The van der Waals surface area contributed by atoms with Crippen molar-refractivity contribution in [1.29, 1.82) is 0 Å². The highest BCUT2D eigenvalue weighted by atomic mass is 19.4. The summed E-state index contributed by atoms with van der Waals surface area (Å²) in [7, 11) is 0. The second-order valence-corrected chi connectivity index (χ2v) is 3.62. The van der Waals surface area contributed by atoms with Gasteiger partial charge in [0, 0.05) is 12.1 Å². The van der Waals surface area contributed by atoms with Crippen LogP contribution in [0.5, 0.6) is 0 Å². The number of aliphatic hydroxyl groups is 1. The summed E-state index contributed by atoms with van der Waals surface area (Å²) in [4.78, 5) is 0. The molecule has 0 amide bonds. The number of hydrogen-bond acceptors (Lipinski definition) is 3. The largest absolute Gasteiger partial charge is 0.414 e. The molecule has 0 aromatic heterocycles. The predicted octanol–water partition coefficient (Wildman–Crippen LogP) is 1.05. The summed E-state index contributed by atoms with van der Waals surface area (Å²) >= 11 is 0. The average Bonchev–Trinajstić information content (AvgIpc) is 2.02. The molecule has 0 aromatic carbocycles. The third kappa shape index (κ3) is 5.41. The van der Waals surface area contributed by atoms with E-state index in [2.05, 4.69) is 4.74 Å². The third-order valence-corrected chi connectivity index (χ3v) is 1.86. The van der Waals surface area contributed by atoms with E-state index in [0.29, 0.717) is 0 Å². The summed E-state index contributed by atoms with van der Waals surface area (Å²) in [6.07, 6.45) is -5.95. The summed E-state index contributed by atoms with van der Waals surface area (Å²) in [5.74, 6) is 0. The Balaban J connectivity index is 3.75. The summed E-state index contributed by atoms with van der Waals surface area (Å²) in [5, 5.41) is 8.72. The fourth-order valence-corrected chi connectivity index (χ4v) is 0.642. The summed E-state index contributed by atoms with van der Waals surface area (Å²) in [6, 6.07) is 0. The van der Waals surface area contributed by atoms with E-state index in [1.807, 2.05) is 0 Å². The van der Waals surface area contributed by atoms with Gasteiger partial charge in [0.15, 0.2) is 6.10 Å². The molecule has 0 aliphatic carbocycles. The van der Waals surface area contributed by atoms with Gasteiger partial charge in [-0.1, -0.05) is 0 Å². The lowest BCUT2D eigenvalue weighted by Gasteiger charge is -2.23. The van der Waals surface area contributed by atoms with Crippen molar-refractivity contribution in [1.82, 2.24) is 0 Å². The molecule has 3 N–H and O–H groups in total. The van der Waals surface area contributed by atoms with Gasteiger partial charge in [-0.25, -0.2) is 0 Å². The van der Waals surface area contributed by atoms with Gasteiger partial charge in [-0.2, -0.15) is 13.2 Å². The standard InChI is InChI=1S/C8H16F3NO2/c1-6(8(9,10)11)14-4-3-7(2,12)5-13/h6,13H,3-5,12H2,1-2H3. The predicted molar refractivity (Wildman–Crippen MR) is 45.8 cm³/mol. The first-order chi connectivity index (χ1) is 6.19. The van der Waals surface area contributed by atoms with E-state index in [9.17, 15) is 13.2 Å². The van der Waals surface area contributed by atoms with Crippen LogP contribution in [0.15, 0.2) is 0 Å². The van der Waals surface area contributed by atoms with Gasteiger partial charge in [-0.15, -0.1) is 0 Å². The molecule has 0 bridgehead atoms. The molecule has 0 heterocycles. The van der Waals surface area contributed by atoms with Crippen molar-refractivity contribution < 1.29 is 23.0 Å². The number of aliphatic hydroxyl groups excluding tert-OH is 1. The molecule has 0 fully saturated rings. The second kappa shape index (κ2) is 4.95. The fourth-order valence-electron chi connectivity index (χ4n) is 0.642. The van der Waals surface area contributed by atoms with Crippen LogP contribution in [0.2, 0.25) is 0 Å². The van der Waals surface area contributed by atoms with Crippen LogP contribution in [0.25, 0.3) is 0 Å². The number of rotatable bonds is 5. The van der Waals surface area contributed by atoms with Crippen LogP contribution in [0.3, 0.4) is 0 Å². The highest BCUT2D eigenvalue weighted by Gasteiger charge is 2.37.